The van der Waals surface area contributed by atoms with Crippen molar-refractivity contribution in [1.82, 2.24) is 19.9 Å². The lowest BCUT2D eigenvalue weighted by Gasteiger charge is -2.34. The van der Waals surface area contributed by atoms with E-state index in [2.05, 4.69) is 15.0 Å². The highest BCUT2D eigenvalue weighted by molar-refractivity contribution is 6.32. The molecule has 1 fully saturated rings. The number of aromatic nitrogens is 2. The third kappa shape index (κ3) is 6.00. The Morgan fingerprint density at radius 3 is 2.53 bits per heavy atom. The topological polar surface area (TPSA) is 71.7 Å². The number of amides is 1. The summed E-state index contributed by atoms with van der Waals surface area (Å²) in [5, 5.41) is 5.26. The van der Waals surface area contributed by atoms with Crippen LogP contribution >= 0.6 is 23.2 Å². The zero-order valence-corrected chi connectivity index (χ0v) is 19.1. The van der Waals surface area contributed by atoms with Gasteiger partial charge in [-0.15, -0.1) is 0 Å². The van der Waals surface area contributed by atoms with Gasteiger partial charge in [0.1, 0.15) is 12.4 Å². The summed E-state index contributed by atoms with van der Waals surface area (Å²) >= 11 is 12.0. The van der Waals surface area contributed by atoms with E-state index in [0.717, 1.165) is 25.2 Å². The molecule has 168 valence electrons. The molecule has 0 bridgehead atoms. The van der Waals surface area contributed by atoms with E-state index >= 15 is 0 Å². The quantitative estimate of drug-likeness (QED) is 0.487. The second-order valence-corrected chi connectivity index (χ2v) is 8.36. The zero-order chi connectivity index (χ0) is 22.3. The van der Waals surface area contributed by atoms with E-state index in [-0.39, 0.29) is 5.91 Å². The fourth-order valence-electron chi connectivity index (χ4n) is 3.51. The summed E-state index contributed by atoms with van der Waals surface area (Å²) in [6.45, 7) is 4.39. The van der Waals surface area contributed by atoms with E-state index < -0.39 is 0 Å². The number of carbonyl (C=O) groups is 1. The number of rotatable bonds is 8. The third-order valence-corrected chi connectivity index (χ3v) is 5.91. The number of halogens is 2. The Morgan fingerprint density at radius 1 is 1.03 bits per heavy atom. The van der Waals surface area contributed by atoms with Crippen LogP contribution in [-0.4, -0.2) is 65.2 Å². The van der Waals surface area contributed by atoms with Crippen molar-refractivity contribution in [1.29, 1.82) is 0 Å². The Kier molecular flexibility index (Phi) is 7.63. The lowest BCUT2D eigenvalue weighted by Crippen LogP contribution is -2.49. The summed E-state index contributed by atoms with van der Waals surface area (Å²) < 4.78 is 11.1. The summed E-state index contributed by atoms with van der Waals surface area (Å²) in [7, 11) is 0. The van der Waals surface area contributed by atoms with Crippen molar-refractivity contribution in [3.63, 3.8) is 0 Å². The smallest absolute Gasteiger partial charge is 0.227 e. The summed E-state index contributed by atoms with van der Waals surface area (Å²) in [6.07, 6.45) is 0.767. The van der Waals surface area contributed by atoms with Gasteiger partial charge in [-0.1, -0.05) is 40.5 Å². The molecule has 1 aliphatic rings. The van der Waals surface area contributed by atoms with E-state index in [1.54, 1.807) is 12.1 Å². The van der Waals surface area contributed by atoms with Crippen molar-refractivity contribution < 1.29 is 14.1 Å². The summed E-state index contributed by atoms with van der Waals surface area (Å²) in [6, 6.07) is 14.7. The van der Waals surface area contributed by atoms with Gasteiger partial charge in [-0.2, -0.15) is 4.98 Å². The Hall–Kier alpha value is -2.61. The van der Waals surface area contributed by atoms with Crippen LogP contribution in [-0.2, 0) is 11.2 Å². The van der Waals surface area contributed by atoms with Crippen LogP contribution in [0.5, 0.6) is 5.75 Å². The van der Waals surface area contributed by atoms with Crippen LogP contribution in [0.15, 0.2) is 53.1 Å². The molecule has 1 amide bonds. The maximum atomic E-state index is 12.6. The molecule has 9 heteroatoms. The van der Waals surface area contributed by atoms with Crippen molar-refractivity contribution in [2.45, 2.75) is 12.8 Å². The second-order valence-electron chi connectivity index (χ2n) is 7.52. The van der Waals surface area contributed by atoms with Gasteiger partial charge in [0, 0.05) is 56.2 Å². The van der Waals surface area contributed by atoms with E-state index in [1.807, 2.05) is 41.3 Å². The van der Waals surface area contributed by atoms with Crippen LogP contribution < -0.4 is 4.74 Å². The molecule has 1 aromatic heterocycles. The van der Waals surface area contributed by atoms with Gasteiger partial charge in [0.2, 0.25) is 17.6 Å². The van der Waals surface area contributed by atoms with Crippen molar-refractivity contribution in [3.05, 3.63) is 64.5 Å². The fraction of sp³-hybridized carbons (Fsp3) is 0.348. The largest absolute Gasteiger partial charge is 0.491 e. The van der Waals surface area contributed by atoms with Crippen LogP contribution in [0.2, 0.25) is 10.0 Å². The van der Waals surface area contributed by atoms with Crippen molar-refractivity contribution in [3.8, 4) is 17.1 Å². The molecule has 3 aromatic rings. The molecule has 0 saturated carbocycles. The zero-order valence-electron chi connectivity index (χ0n) is 17.5. The lowest BCUT2D eigenvalue weighted by atomic mass is 10.2. The summed E-state index contributed by atoms with van der Waals surface area (Å²) in [4.78, 5) is 21.2. The number of hydrogen-bond acceptors (Lipinski definition) is 6. The molecule has 2 heterocycles. The molecule has 0 spiro atoms. The normalized spacial score (nSPS) is 14.5. The van der Waals surface area contributed by atoms with E-state index in [4.69, 9.17) is 32.5 Å². The van der Waals surface area contributed by atoms with E-state index in [1.165, 1.54) is 0 Å². The minimum Gasteiger partial charge on any atom is -0.491 e. The number of benzene rings is 2. The van der Waals surface area contributed by atoms with Crippen LogP contribution in [0.25, 0.3) is 11.4 Å². The first-order valence-corrected chi connectivity index (χ1v) is 11.3. The predicted molar refractivity (Wildman–Crippen MR) is 123 cm³/mol. The molecule has 2 aromatic carbocycles. The number of carbonyl (C=O) groups excluding carboxylic acids is 1. The number of ether oxygens (including phenoxy) is 1. The van der Waals surface area contributed by atoms with Gasteiger partial charge in [0.15, 0.2) is 0 Å². The van der Waals surface area contributed by atoms with Gasteiger partial charge >= 0.3 is 0 Å². The SMILES string of the molecule is O=C(CCc1nc(-c2ccc(Cl)cc2)no1)N1CCN(CCOc2ccccc2Cl)CC1. The number of aryl methyl sites for hydroxylation is 1. The highest BCUT2D eigenvalue weighted by atomic mass is 35.5. The van der Waals surface area contributed by atoms with Crippen LogP contribution in [0.4, 0.5) is 0 Å². The number of para-hydroxylation sites is 1. The van der Waals surface area contributed by atoms with Gasteiger partial charge in [0.25, 0.3) is 0 Å². The first-order valence-electron chi connectivity index (χ1n) is 10.5. The van der Waals surface area contributed by atoms with Gasteiger partial charge in [-0.05, 0) is 36.4 Å². The molecule has 0 unspecified atom stereocenters. The maximum Gasteiger partial charge on any atom is 0.227 e. The number of piperazine rings is 1. The third-order valence-electron chi connectivity index (χ3n) is 5.35. The molecule has 0 aliphatic carbocycles. The first-order chi connectivity index (χ1) is 15.6. The fourth-order valence-corrected chi connectivity index (χ4v) is 3.83. The molecular weight excluding hydrogens is 451 g/mol. The van der Waals surface area contributed by atoms with Crippen LogP contribution in [0.1, 0.15) is 12.3 Å². The predicted octanol–water partition coefficient (Wildman–Crippen LogP) is 4.20. The highest BCUT2D eigenvalue weighted by Crippen LogP contribution is 2.23. The molecule has 4 rings (SSSR count). The molecule has 1 aliphatic heterocycles. The number of hydrogen-bond donors (Lipinski definition) is 0. The minimum atomic E-state index is 0.100. The molecule has 0 atom stereocenters. The summed E-state index contributed by atoms with van der Waals surface area (Å²) in [5.74, 6) is 1.75. The average Bonchev–Trinajstić information content (AvgIpc) is 3.29. The Labute approximate surface area is 196 Å². The van der Waals surface area contributed by atoms with Gasteiger partial charge in [-0.25, -0.2) is 0 Å². The van der Waals surface area contributed by atoms with Gasteiger partial charge in [0.05, 0.1) is 5.02 Å². The van der Waals surface area contributed by atoms with Crippen molar-refractivity contribution in [2.75, 3.05) is 39.3 Å². The molecular formula is C23H24Cl2N4O3. The van der Waals surface area contributed by atoms with E-state index in [9.17, 15) is 4.79 Å². The Balaban J connectivity index is 1.17. The van der Waals surface area contributed by atoms with Gasteiger partial charge in [-0.3, -0.25) is 9.69 Å². The van der Waals surface area contributed by atoms with Crippen molar-refractivity contribution in [2.24, 2.45) is 0 Å². The van der Waals surface area contributed by atoms with Gasteiger partial charge < -0.3 is 14.2 Å². The standard InChI is InChI=1S/C23H24Cl2N4O3/c24-18-7-5-17(6-8-18)23-26-21(32-27-23)9-10-22(30)29-13-11-28(12-14-29)15-16-31-20-4-2-1-3-19(20)25/h1-8H,9-16H2. The Morgan fingerprint density at radius 2 is 1.78 bits per heavy atom. The molecule has 0 N–H and O–H groups in total. The molecule has 0 radical (unpaired) electrons. The monoisotopic (exact) mass is 474 g/mol. The van der Waals surface area contributed by atoms with E-state index in [0.29, 0.717) is 60.0 Å². The number of nitrogens with zero attached hydrogens (tertiary/aromatic N) is 4. The Bertz CT molecular complexity index is 1030. The molecule has 32 heavy (non-hydrogen) atoms. The molecule has 1 saturated heterocycles. The highest BCUT2D eigenvalue weighted by Gasteiger charge is 2.21. The lowest BCUT2D eigenvalue weighted by molar-refractivity contribution is -0.133. The summed E-state index contributed by atoms with van der Waals surface area (Å²) in [5.41, 5.74) is 0.824. The molecule has 7 nitrogen and oxygen atoms in total. The van der Waals surface area contributed by atoms with Crippen LogP contribution in [0.3, 0.4) is 0 Å². The average molecular weight is 475 g/mol. The first kappa shape index (κ1) is 22.6. The minimum absolute atomic E-state index is 0.100. The maximum absolute atomic E-state index is 12.6. The van der Waals surface area contributed by atoms with Crippen LogP contribution in [0, 0.1) is 0 Å². The second kappa shape index (κ2) is 10.8. The van der Waals surface area contributed by atoms with Crippen molar-refractivity contribution >= 4 is 29.1 Å².